The second kappa shape index (κ2) is 7.24. The molecule has 16 heavy (non-hydrogen) atoms. The number of hydrogen-bond donors (Lipinski definition) is 1. The Bertz CT molecular complexity index is 275. The Morgan fingerprint density at radius 2 is 2.19 bits per heavy atom. The second-order valence-electron chi connectivity index (χ2n) is 4.33. The van der Waals surface area contributed by atoms with Crippen LogP contribution in [-0.4, -0.2) is 11.2 Å². The van der Waals surface area contributed by atoms with Gasteiger partial charge in [0.1, 0.15) is 0 Å². The van der Waals surface area contributed by atoms with Gasteiger partial charge in [-0.3, -0.25) is 0 Å². The van der Waals surface area contributed by atoms with Gasteiger partial charge < -0.3 is 5.11 Å². The zero-order valence-corrected chi connectivity index (χ0v) is 9.89. The van der Waals surface area contributed by atoms with Gasteiger partial charge >= 0.3 is 0 Å². The van der Waals surface area contributed by atoms with Gasteiger partial charge in [-0.2, -0.15) is 0 Å². The molecule has 0 saturated carbocycles. The van der Waals surface area contributed by atoms with Crippen molar-refractivity contribution in [2.24, 2.45) is 11.8 Å². The fourth-order valence-electron chi connectivity index (χ4n) is 2.18. The van der Waals surface area contributed by atoms with Crippen LogP contribution >= 0.6 is 0 Å². The van der Waals surface area contributed by atoms with Gasteiger partial charge in [-0.15, -0.1) is 6.58 Å². The zero-order valence-electron chi connectivity index (χ0n) is 9.89. The normalized spacial score (nSPS) is 24.2. The van der Waals surface area contributed by atoms with Crippen LogP contribution in [0.5, 0.6) is 0 Å². The fourth-order valence-corrected chi connectivity index (χ4v) is 2.18. The highest BCUT2D eigenvalue weighted by Crippen LogP contribution is 2.28. The van der Waals surface area contributed by atoms with Gasteiger partial charge in [-0.25, -0.2) is 0 Å². The second-order valence-corrected chi connectivity index (χ2v) is 4.33. The van der Waals surface area contributed by atoms with Crippen LogP contribution in [0.2, 0.25) is 0 Å². The van der Waals surface area contributed by atoms with Crippen molar-refractivity contribution in [3.8, 4) is 0 Å². The smallest absolute Gasteiger partial charge is 0.0636 e. The van der Waals surface area contributed by atoms with E-state index < -0.39 is 0 Å². The zero-order chi connectivity index (χ0) is 11.8. The summed E-state index contributed by atoms with van der Waals surface area (Å²) in [6, 6.07) is 0. The monoisotopic (exact) mass is 218 g/mol. The van der Waals surface area contributed by atoms with E-state index in [0.717, 1.165) is 25.7 Å². The molecule has 1 aliphatic rings. The number of aliphatic hydroxyl groups excluding tert-OH is 1. The minimum Gasteiger partial charge on any atom is -0.392 e. The molecule has 3 atom stereocenters. The Kier molecular flexibility index (Phi) is 5.87. The molecule has 1 nitrogen and oxygen atoms in total. The molecule has 0 fully saturated rings. The molecule has 1 N–H and O–H groups in total. The fraction of sp³-hybridized carbons (Fsp3) is 0.467. The van der Waals surface area contributed by atoms with E-state index in [1.54, 1.807) is 6.08 Å². The minimum absolute atomic E-state index is 0.160. The van der Waals surface area contributed by atoms with Crippen LogP contribution in [0, 0.1) is 11.8 Å². The highest BCUT2D eigenvalue weighted by atomic mass is 16.3. The molecule has 1 aliphatic carbocycles. The molecule has 0 aliphatic heterocycles. The number of aliphatic hydroxyl groups is 1. The first-order chi connectivity index (χ1) is 7.79. The molecule has 0 aromatic rings. The highest BCUT2D eigenvalue weighted by Gasteiger charge is 2.24. The minimum atomic E-state index is -0.267. The third-order valence-electron chi connectivity index (χ3n) is 3.21. The summed E-state index contributed by atoms with van der Waals surface area (Å²) in [4.78, 5) is 0. The molecule has 0 bridgehead atoms. The molecule has 1 rings (SSSR count). The summed E-state index contributed by atoms with van der Waals surface area (Å²) < 4.78 is 0. The Morgan fingerprint density at radius 3 is 2.75 bits per heavy atom. The summed E-state index contributed by atoms with van der Waals surface area (Å²) in [5, 5.41) is 10.3. The quantitative estimate of drug-likeness (QED) is 0.533. The maximum Gasteiger partial charge on any atom is 0.0636 e. The molecule has 0 heterocycles. The third-order valence-corrected chi connectivity index (χ3v) is 3.21. The Labute approximate surface area is 98.9 Å². The van der Waals surface area contributed by atoms with Gasteiger partial charge in [0.05, 0.1) is 6.10 Å². The third kappa shape index (κ3) is 3.82. The largest absolute Gasteiger partial charge is 0.392 e. The van der Waals surface area contributed by atoms with Crippen LogP contribution in [0.15, 0.2) is 49.6 Å². The van der Waals surface area contributed by atoms with Crippen molar-refractivity contribution in [2.45, 2.75) is 31.8 Å². The molecule has 3 unspecified atom stereocenters. The van der Waals surface area contributed by atoms with Gasteiger partial charge in [-0.1, -0.05) is 43.0 Å². The molecular weight excluding hydrogens is 196 g/mol. The average molecular weight is 218 g/mol. The molecule has 0 saturated heterocycles. The van der Waals surface area contributed by atoms with Crippen molar-refractivity contribution in [2.75, 3.05) is 0 Å². The maximum atomic E-state index is 10.3. The summed E-state index contributed by atoms with van der Waals surface area (Å²) in [7, 11) is 0. The first-order valence-electron chi connectivity index (χ1n) is 6.02. The summed E-state index contributed by atoms with van der Waals surface area (Å²) in [6.07, 6.45) is 15.7. The molecule has 88 valence electrons. The summed E-state index contributed by atoms with van der Waals surface area (Å²) in [5.41, 5.74) is 0. The van der Waals surface area contributed by atoms with E-state index in [1.165, 1.54) is 0 Å². The van der Waals surface area contributed by atoms with Crippen LogP contribution in [0.1, 0.15) is 25.7 Å². The van der Waals surface area contributed by atoms with Crippen LogP contribution in [0.4, 0.5) is 0 Å². The molecule has 0 aromatic carbocycles. The predicted molar refractivity (Wildman–Crippen MR) is 70.1 cm³/mol. The molecular formula is C15H22O. The van der Waals surface area contributed by atoms with E-state index in [1.807, 2.05) is 18.2 Å². The van der Waals surface area contributed by atoms with Crippen molar-refractivity contribution in [1.82, 2.24) is 0 Å². The van der Waals surface area contributed by atoms with Gasteiger partial charge in [0.15, 0.2) is 0 Å². The van der Waals surface area contributed by atoms with Gasteiger partial charge in [0.25, 0.3) is 0 Å². The maximum absolute atomic E-state index is 10.3. The number of hydrogen-bond acceptors (Lipinski definition) is 1. The van der Waals surface area contributed by atoms with E-state index in [9.17, 15) is 5.11 Å². The lowest BCUT2D eigenvalue weighted by molar-refractivity contribution is 0.0649. The lowest BCUT2D eigenvalue weighted by Crippen LogP contribution is -2.28. The van der Waals surface area contributed by atoms with E-state index in [-0.39, 0.29) is 12.0 Å². The van der Waals surface area contributed by atoms with E-state index in [0.29, 0.717) is 5.92 Å². The van der Waals surface area contributed by atoms with E-state index >= 15 is 0 Å². The summed E-state index contributed by atoms with van der Waals surface area (Å²) in [6.45, 7) is 7.45. The topological polar surface area (TPSA) is 20.2 Å². The van der Waals surface area contributed by atoms with Gasteiger partial charge in [-0.05, 0) is 31.6 Å². The molecule has 1 heteroatoms. The van der Waals surface area contributed by atoms with Crippen molar-refractivity contribution >= 4 is 0 Å². The molecule has 0 aromatic heterocycles. The Morgan fingerprint density at radius 1 is 1.38 bits per heavy atom. The van der Waals surface area contributed by atoms with Crippen LogP contribution in [0.3, 0.4) is 0 Å². The van der Waals surface area contributed by atoms with E-state index in [2.05, 4.69) is 25.3 Å². The summed E-state index contributed by atoms with van der Waals surface area (Å²) >= 11 is 0. The first kappa shape index (κ1) is 13.0. The van der Waals surface area contributed by atoms with Gasteiger partial charge in [0.2, 0.25) is 0 Å². The van der Waals surface area contributed by atoms with Crippen LogP contribution in [0.25, 0.3) is 0 Å². The van der Waals surface area contributed by atoms with Crippen molar-refractivity contribution in [3.63, 3.8) is 0 Å². The molecule has 0 spiro atoms. The lowest BCUT2D eigenvalue weighted by Gasteiger charge is -2.28. The SMILES string of the molecule is C=CC=CCC(C=C)C(O)C1CC=CCC1. The molecule has 0 amide bonds. The highest BCUT2D eigenvalue weighted by molar-refractivity contribution is 5.02. The number of allylic oxidation sites excluding steroid dienone is 5. The van der Waals surface area contributed by atoms with Crippen LogP contribution < -0.4 is 0 Å². The van der Waals surface area contributed by atoms with Gasteiger partial charge in [0, 0.05) is 5.92 Å². The molecule has 0 radical (unpaired) electrons. The number of rotatable bonds is 6. The summed E-state index contributed by atoms with van der Waals surface area (Å²) in [5.74, 6) is 0.554. The Balaban J connectivity index is 2.50. The van der Waals surface area contributed by atoms with Crippen molar-refractivity contribution in [3.05, 3.63) is 49.6 Å². The lowest BCUT2D eigenvalue weighted by atomic mass is 9.82. The predicted octanol–water partition coefficient (Wildman–Crippen LogP) is 3.64. The van der Waals surface area contributed by atoms with Crippen molar-refractivity contribution < 1.29 is 5.11 Å². The van der Waals surface area contributed by atoms with Crippen molar-refractivity contribution in [1.29, 1.82) is 0 Å². The Hall–Kier alpha value is -1.08. The van der Waals surface area contributed by atoms with Crippen LogP contribution in [-0.2, 0) is 0 Å². The standard InChI is InChI=1S/C15H22O/c1-3-5-7-10-13(4-2)15(16)14-11-8-6-9-12-14/h3-8,13-16H,1-2,9-12H2. The first-order valence-corrected chi connectivity index (χ1v) is 6.02. The average Bonchev–Trinajstić information content (AvgIpc) is 2.35. The van der Waals surface area contributed by atoms with E-state index in [4.69, 9.17) is 0 Å².